The second kappa shape index (κ2) is 7.87. The monoisotopic (exact) mass is 381 g/mol. The molecule has 0 aliphatic carbocycles. The fourth-order valence-corrected chi connectivity index (χ4v) is 3.02. The van der Waals surface area contributed by atoms with Gasteiger partial charge < -0.3 is 5.32 Å². The first-order valence-electron chi connectivity index (χ1n) is 8.60. The van der Waals surface area contributed by atoms with Gasteiger partial charge in [-0.25, -0.2) is 0 Å². The van der Waals surface area contributed by atoms with Crippen molar-refractivity contribution in [2.45, 2.75) is 26.9 Å². The molecule has 9 nitrogen and oxygen atoms in total. The smallest absolute Gasteiger partial charge is 0.299 e. The van der Waals surface area contributed by atoms with Gasteiger partial charge in [0.2, 0.25) is 0 Å². The largest absolute Gasteiger partial charge is 0.375 e. The summed E-state index contributed by atoms with van der Waals surface area (Å²) < 4.78 is 1.89. The molecule has 0 saturated heterocycles. The molecular formula is C19H19N5O4. The van der Waals surface area contributed by atoms with Crippen molar-refractivity contribution in [1.29, 1.82) is 0 Å². The predicted octanol–water partition coefficient (Wildman–Crippen LogP) is 3.98. The molecule has 1 aromatic heterocycles. The lowest BCUT2D eigenvalue weighted by Gasteiger charge is -2.09. The van der Waals surface area contributed by atoms with Gasteiger partial charge in [0.05, 0.1) is 28.2 Å². The molecule has 3 aromatic rings. The van der Waals surface area contributed by atoms with E-state index in [4.69, 9.17) is 0 Å². The summed E-state index contributed by atoms with van der Waals surface area (Å²) in [5.41, 5.74) is 3.41. The summed E-state index contributed by atoms with van der Waals surface area (Å²) in [6.07, 6.45) is 0. The van der Waals surface area contributed by atoms with Crippen molar-refractivity contribution in [2.24, 2.45) is 0 Å². The maximum Gasteiger partial charge on any atom is 0.299 e. The predicted molar refractivity (Wildman–Crippen MR) is 104 cm³/mol. The minimum absolute atomic E-state index is 0.227. The highest BCUT2D eigenvalue weighted by atomic mass is 16.6. The number of anilines is 1. The number of rotatable bonds is 7. The molecule has 0 aliphatic heterocycles. The zero-order valence-corrected chi connectivity index (χ0v) is 15.5. The first-order chi connectivity index (χ1) is 13.4. The van der Waals surface area contributed by atoms with Crippen molar-refractivity contribution >= 4 is 17.1 Å². The van der Waals surface area contributed by atoms with Crippen molar-refractivity contribution in [3.63, 3.8) is 0 Å². The Bertz CT molecular complexity index is 1030. The second-order valence-electron chi connectivity index (χ2n) is 6.36. The van der Waals surface area contributed by atoms with Gasteiger partial charge in [0.1, 0.15) is 5.69 Å². The second-order valence-corrected chi connectivity index (χ2v) is 6.36. The summed E-state index contributed by atoms with van der Waals surface area (Å²) in [7, 11) is 0. The summed E-state index contributed by atoms with van der Waals surface area (Å²) >= 11 is 0. The van der Waals surface area contributed by atoms with E-state index in [9.17, 15) is 20.2 Å². The normalized spacial score (nSPS) is 10.6. The number of nitrogens with zero attached hydrogens (tertiary/aromatic N) is 4. The minimum atomic E-state index is -0.654. The van der Waals surface area contributed by atoms with Crippen LogP contribution >= 0.6 is 0 Å². The van der Waals surface area contributed by atoms with E-state index in [0.29, 0.717) is 13.1 Å². The number of aryl methyl sites for hydroxylation is 1. The molecule has 0 saturated carbocycles. The van der Waals surface area contributed by atoms with E-state index in [1.165, 1.54) is 12.1 Å². The number of hydrogen-bond donors (Lipinski definition) is 1. The van der Waals surface area contributed by atoms with Crippen molar-refractivity contribution < 1.29 is 9.85 Å². The third-order valence-corrected chi connectivity index (χ3v) is 4.55. The minimum Gasteiger partial charge on any atom is -0.375 e. The molecule has 0 unspecified atom stereocenters. The molecule has 0 aliphatic rings. The van der Waals surface area contributed by atoms with Crippen molar-refractivity contribution in [3.05, 3.63) is 91.3 Å². The summed E-state index contributed by atoms with van der Waals surface area (Å²) in [5, 5.41) is 29.7. The highest BCUT2D eigenvalue weighted by molar-refractivity contribution is 5.65. The Hall–Kier alpha value is -3.75. The van der Waals surface area contributed by atoms with Gasteiger partial charge in [-0.1, -0.05) is 30.3 Å². The number of aromatic nitrogens is 2. The molecule has 3 rings (SSSR count). The lowest BCUT2D eigenvalue weighted by molar-refractivity contribution is -0.393. The Balaban J connectivity index is 1.82. The fourth-order valence-electron chi connectivity index (χ4n) is 3.02. The Morgan fingerprint density at radius 2 is 1.75 bits per heavy atom. The van der Waals surface area contributed by atoms with Crippen LogP contribution in [0.5, 0.6) is 0 Å². The quantitative estimate of drug-likeness (QED) is 0.489. The Morgan fingerprint density at radius 3 is 2.39 bits per heavy atom. The molecule has 0 atom stereocenters. The van der Waals surface area contributed by atoms with Gasteiger partial charge in [-0.05, 0) is 25.5 Å². The van der Waals surface area contributed by atoms with Crippen LogP contribution in [-0.4, -0.2) is 19.6 Å². The molecular weight excluding hydrogens is 362 g/mol. The van der Waals surface area contributed by atoms with E-state index in [1.54, 1.807) is 0 Å². The van der Waals surface area contributed by atoms with Crippen LogP contribution < -0.4 is 5.32 Å². The number of nitro groups is 2. The number of hydrogen-bond acceptors (Lipinski definition) is 6. The van der Waals surface area contributed by atoms with E-state index < -0.39 is 9.85 Å². The van der Waals surface area contributed by atoms with Gasteiger partial charge in [0.15, 0.2) is 0 Å². The van der Waals surface area contributed by atoms with E-state index in [2.05, 4.69) is 10.4 Å². The standard InChI is InChI=1S/C19H19N5O4/c1-13-17(14(2)22(21-13)12-15-6-4-3-5-7-15)11-20-18-9-8-16(23(25)26)10-19(18)24(27)28/h3-10,20H,11-12H2,1-2H3. The van der Waals surface area contributed by atoms with Crippen LogP contribution in [0.25, 0.3) is 0 Å². The molecule has 0 spiro atoms. The van der Waals surface area contributed by atoms with Gasteiger partial charge in [-0.15, -0.1) is 0 Å². The molecule has 0 amide bonds. The van der Waals surface area contributed by atoms with Crippen LogP contribution in [0.1, 0.15) is 22.5 Å². The fraction of sp³-hybridized carbons (Fsp3) is 0.211. The van der Waals surface area contributed by atoms with Crippen LogP contribution in [0.4, 0.5) is 17.1 Å². The van der Waals surface area contributed by atoms with E-state index in [-0.39, 0.29) is 17.1 Å². The Kier molecular flexibility index (Phi) is 5.35. The highest BCUT2D eigenvalue weighted by Gasteiger charge is 2.20. The first kappa shape index (κ1) is 19.0. The molecule has 1 N–H and O–H groups in total. The van der Waals surface area contributed by atoms with Gasteiger partial charge in [-0.3, -0.25) is 24.9 Å². The number of nitrogens with one attached hydrogen (secondary N) is 1. The number of non-ortho nitro benzene ring substituents is 1. The topological polar surface area (TPSA) is 116 Å². The van der Waals surface area contributed by atoms with E-state index >= 15 is 0 Å². The third-order valence-electron chi connectivity index (χ3n) is 4.55. The third kappa shape index (κ3) is 3.98. The summed E-state index contributed by atoms with van der Waals surface area (Å²) in [6, 6.07) is 13.5. The summed E-state index contributed by atoms with van der Waals surface area (Å²) in [6.45, 7) is 4.79. The van der Waals surface area contributed by atoms with Crippen molar-refractivity contribution in [2.75, 3.05) is 5.32 Å². The highest BCUT2D eigenvalue weighted by Crippen LogP contribution is 2.29. The van der Waals surface area contributed by atoms with Crippen molar-refractivity contribution in [3.8, 4) is 0 Å². The van der Waals surface area contributed by atoms with Crippen LogP contribution in [0, 0.1) is 34.1 Å². The van der Waals surface area contributed by atoms with Crippen LogP contribution in [0.15, 0.2) is 48.5 Å². The van der Waals surface area contributed by atoms with Crippen LogP contribution in [0.2, 0.25) is 0 Å². The molecule has 0 fully saturated rings. The van der Waals surface area contributed by atoms with Crippen LogP contribution in [-0.2, 0) is 13.1 Å². The first-order valence-corrected chi connectivity index (χ1v) is 8.60. The Morgan fingerprint density at radius 1 is 1.04 bits per heavy atom. The SMILES string of the molecule is Cc1nn(Cc2ccccc2)c(C)c1CNc1ccc([N+](=O)[O-])cc1[N+](=O)[O-]. The molecule has 1 heterocycles. The molecule has 144 valence electrons. The average Bonchev–Trinajstić information content (AvgIpc) is 2.93. The average molecular weight is 381 g/mol. The molecule has 9 heteroatoms. The molecule has 28 heavy (non-hydrogen) atoms. The van der Waals surface area contributed by atoms with E-state index in [1.807, 2.05) is 48.9 Å². The zero-order valence-electron chi connectivity index (χ0n) is 15.5. The lowest BCUT2D eigenvalue weighted by atomic mass is 10.1. The maximum atomic E-state index is 11.3. The molecule has 0 bridgehead atoms. The summed E-state index contributed by atoms with van der Waals surface area (Å²) in [4.78, 5) is 20.9. The number of benzene rings is 2. The summed E-state index contributed by atoms with van der Waals surface area (Å²) in [5.74, 6) is 0. The Labute approximate surface area is 160 Å². The number of nitro benzene ring substituents is 2. The molecule has 2 aromatic carbocycles. The van der Waals surface area contributed by atoms with E-state index in [0.717, 1.165) is 28.6 Å². The lowest BCUT2D eigenvalue weighted by Crippen LogP contribution is -2.06. The maximum absolute atomic E-state index is 11.3. The van der Waals surface area contributed by atoms with Crippen LogP contribution in [0.3, 0.4) is 0 Å². The van der Waals surface area contributed by atoms with Gasteiger partial charge >= 0.3 is 0 Å². The van der Waals surface area contributed by atoms with Crippen molar-refractivity contribution in [1.82, 2.24) is 9.78 Å². The zero-order chi connectivity index (χ0) is 20.3. The molecule has 0 radical (unpaired) electrons. The van der Waals surface area contributed by atoms with Gasteiger partial charge in [0, 0.05) is 23.9 Å². The van der Waals surface area contributed by atoms with Gasteiger partial charge in [0.25, 0.3) is 11.4 Å². The van der Waals surface area contributed by atoms with Gasteiger partial charge in [-0.2, -0.15) is 5.10 Å².